The number of hydrogen-bond donors (Lipinski definition) is 1. The van der Waals surface area contributed by atoms with Crippen molar-refractivity contribution in [2.75, 3.05) is 18.9 Å². The zero-order valence-corrected chi connectivity index (χ0v) is 16.2. The molecule has 0 unspecified atom stereocenters. The van der Waals surface area contributed by atoms with Crippen LogP contribution in [0.1, 0.15) is 9.67 Å². The lowest BCUT2D eigenvalue weighted by molar-refractivity contribution is 0.0602. The molecule has 0 atom stereocenters. The SMILES string of the molecule is COC(=O)c1sc2ccccc2c1S(=O)(=O)Nc1ccc(OC)c(Cl)c1. The van der Waals surface area contributed by atoms with Crippen LogP contribution in [-0.2, 0) is 14.8 Å². The zero-order chi connectivity index (χ0) is 18.9. The van der Waals surface area contributed by atoms with E-state index in [4.69, 9.17) is 21.1 Å². The topological polar surface area (TPSA) is 81.7 Å². The summed E-state index contributed by atoms with van der Waals surface area (Å²) in [5.41, 5.74) is 0.252. The lowest BCUT2D eigenvalue weighted by atomic mass is 10.2. The first-order chi connectivity index (χ1) is 12.4. The highest BCUT2D eigenvalue weighted by Crippen LogP contribution is 2.36. The monoisotopic (exact) mass is 411 g/mol. The zero-order valence-electron chi connectivity index (χ0n) is 13.8. The standard InChI is InChI=1S/C17H14ClNO5S2/c1-23-13-8-7-10(9-12(13)18)19-26(21,22)16-11-5-3-4-6-14(11)25-15(16)17(20)24-2/h3-9,19H,1-2H3. The fourth-order valence-electron chi connectivity index (χ4n) is 2.45. The van der Waals surface area contributed by atoms with Crippen molar-refractivity contribution in [3.8, 4) is 5.75 Å². The summed E-state index contributed by atoms with van der Waals surface area (Å²) >= 11 is 7.11. The predicted octanol–water partition coefficient (Wildman–Crippen LogP) is 4.15. The first kappa shape index (κ1) is 18.5. The molecular weight excluding hydrogens is 398 g/mol. The van der Waals surface area contributed by atoms with Crippen LogP contribution in [0.25, 0.3) is 10.1 Å². The van der Waals surface area contributed by atoms with Gasteiger partial charge in [0.15, 0.2) is 0 Å². The fraction of sp³-hybridized carbons (Fsp3) is 0.118. The molecule has 1 N–H and O–H groups in total. The van der Waals surface area contributed by atoms with Gasteiger partial charge in [-0.15, -0.1) is 11.3 Å². The van der Waals surface area contributed by atoms with E-state index in [9.17, 15) is 13.2 Å². The minimum Gasteiger partial charge on any atom is -0.495 e. The number of hydrogen-bond acceptors (Lipinski definition) is 6. The van der Waals surface area contributed by atoms with Crippen molar-refractivity contribution >= 4 is 54.7 Å². The number of methoxy groups -OCH3 is 2. The van der Waals surface area contributed by atoms with Crippen molar-refractivity contribution in [1.82, 2.24) is 0 Å². The van der Waals surface area contributed by atoms with Crippen LogP contribution in [0.5, 0.6) is 5.75 Å². The first-order valence-electron chi connectivity index (χ1n) is 7.33. The van der Waals surface area contributed by atoms with Gasteiger partial charge in [0.05, 0.1) is 24.9 Å². The average Bonchev–Trinajstić information content (AvgIpc) is 3.01. The molecule has 0 amide bonds. The minimum atomic E-state index is -4.06. The largest absolute Gasteiger partial charge is 0.495 e. The molecule has 3 aromatic rings. The number of nitrogens with one attached hydrogen (secondary N) is 1. The van der Waals surface area contributed by atoms with Gasteiger partial charge in [-0.25, -0.2) is 13.2 Å². The normalized spacial score (nSPS) is 11.3. The smallest absolute Gasteiger partial charge is 0.349 e. The molecule has 0 aliphatic carbocycles. The van der Waals surface area contributed by atoms with E-state index in [1.165, 1.54) is 26.4 Å². The third-order valence-corrected chi connectivity index (χ3v) is 6.63. The number of fused-ring (bicyclic) bond motifs is 1. The van der Waals surface area contributed by atoms with Gasteiger partial charge in [-0.3, -0.25) is 4.72 Å². The Hall–Kier alpha value is -2.29. The van der Waals surface area contributed by atoms with Gasteiger partial charge >= 0.3 is 5.97 Å². The number of ether oxygens (including phenoxy) is 2. The molecule has 6 nitrogen and oxygen atoms in total. The van der Waals surface area contributed by atoms with Crippen LogP contribution in [0.3, 0.4) is 0 Å². The summed E-state index contributed by atoms with van der Waals surface area (Å²) in [6.07, 6.45) is 0. The lowest BCUT2D eigenvalue weighted by Crippen LogP contribution is -2.16. The molecule has 9 heteroatoms. The summed E-state index contributed by atoms with van der Waals surface area (Å²) in [5, 5.41) is 0.709. The van der Waals surface area contributed by atoms with Crippen LogP contribution in [0.4, 0.5) is 5.69 Å². The van der Waals surface area contributed by atoms with E-state index in [-0.39, 0.29) is 20.5 Å². The number of rotatable bonds is 5. The summed E-state index contributed by atoms with van der Waals surface area (Å²) in [6.45, 7) is 0. The molecule has 3 rings (SSSR count). The van der Waals surface area contributed by atoms with Crippen LogP contribution in [0.2, 0.25) is 5.02 Å². The molecule has 0 radical (unpaired) electrons. The number of benzene rings is 2. The van der Waals surface area contributed by atoms with Crippen LogP contribution in [-0.4, -0.2) is 28.6 Å². The van der Waals surface area contributed by atoms with Gasteiger partial charge in [0.25, 0.3) is 10.0 Å². The molecule has 26 heavy (non-hydrogen) atoms. The number of thiophene rings is 1. The summed E-state index contributed by atoms with van der Waals surface area (Å²) in [7, 11) is -1.39. The van der Waals surface area contributed by atoms with E-state index in [2.05, 4.69) is 4.72 Å². The Balaban J connectivity index is 2.12. The Labute approximate surface area is 159 Å². The summed E-state index contributed by atoms with van der Waals surface area (Å²) in [5.74, 6) is -0.287. The van der Waals surface area contributed by atoms with E-state index in [1.807, 2.05) is 0 Å². The molecule has 0 spiro atoms. The van der Waals surface area contributed by atoms with Crippen LogP contribution in [0, 0.1) is 0 Å². The second-order valence-corrected chi connectivity index (χ2v) is 8.28. The van der Waals surface area contributed by atoms with E-state index in [0.717, 1.165) is 11.3 Å². The molecule has 0 saturated carbocycles. The lowest BCUT2D eigenvalue weighted by Gasteiger charge is -2.11. The molecule has 1 aromatic heterocycles. The second-order valence-electron chi connectivity index (χ2n) is 5.20. The Morgan fingerprint density at radius 2 is 1.88 bits per heavy atom. The van der Waals surface area contributed by atoms with Crippen molar-refractivity contribution in [3.05, 3.63) is 52.4 Å². The molecule has 2 aromatic carbocycles. The highest BCUT2D eigenvalue weighted by molar-refractivity contribution is 7.93. The van der Waals surface area contributed by atoms with Crippen LogP contribution < -0.4 is 9.46 Å². The number of esters is 1. The van der Waals surface area contributed by atoms with Crippen molar-refractivity contribution in [2.45, 2.75) is 4.90 Å². The van der Waals surface area contributed by atoms with Gasteiger partial charge in [0, 0.05) is 10.1 Å². The van der Waals surface area contributed by atoms with Crippen molar-refractivity contribution in [3.63, 3.8) is 0 Å². The average molecular weight is 412 g/mol. The van der Waals surface area contributed by atoms with Gasteiger partial charge in [0.1, 0.15) is 15.5 Å². The van der Waals surface area contributed by atoms with Gasteiger partial charge in [0.2, 0.25) is 0 Å². The fourth-order valence-corrected chi connectivity index (χ4v) is 5.58. The summed E-state index contributed by atoms with van der Waals surface area (Å²) in [6, 6.07) is 11.4. The highest BCUT2D eigenvalue weighted by atomic mass is 35.5. The predicted molar refractivity (Wildman–Crippen MR) is 102 cm³/mol. The number of carbonyl (C=O) groups is 1. The van der Waals surface area contributed by atoms with Crippen molar-refractivity contribution < 1.29 is 22.7 Å². The maximum absolute atomic E-state index is 13.0. The number of sulfonamides is 1. The molecule has 0 aliphatic rings. The van der Waals surface area contributed by atoms with Gasteiger partial charge in [-0.1, -0.05) is 29.8 Å². The van der Waals surface area contributed by atoms with Crippen molar-refractivity contribution in [2.24, 2.45) is 0 Å². The van der Waals surface area contributed by atoms with Crippen molar-refractivity contribution in [1.29, 1.82) is 0 Å². The van der Waals surface area contributed by atoms with Gasteiger partial charge in [-0.2, -0.15) is 0 Å². The third-order valence-electron chi connectivity index (χ3n) is 3.59. The second kappa shape index (κ2) is 7.14. The molecule has 0 aliphatic heterocycles. The number of halogens is 1. The van der Waals surface area contributed by atoms with E-state index < -0.39 is 16.0 Å². The number of anilines is 1. The van der Waals surface area contributed by atoms with E-state index in [1.54, 1.807) is 30.3 Å². The Morgan fingerprint density at radius 3 is 2.54 bits per heavy atom. The van der Waals surface area contributed by atoms with Gasteiger partial charge < -0.3 is 9.47 Å². The molecule has 0 bridgehead atoms. The van der Waals surface area contributed by atoms with E-state index in [0.29, 0.717) is 15.8 Å². The Morgan fingerprint density at radius 1 is 1.15 bits per heavy atom. The molecule has 136 valence electrons. The molecule has 0 fully saturated rings. The van der Waals surface area contributed by atoms with E-state index >= 15 is 0 Å². The Bertz CT molecular complexity index is 1090. The number of carbonyl (C=O) groups excluding carboxylic acids is 1. The minimum absolute atomic E-state index is 0.0146. The third kappa shape index (κ3) is 3.35. The first-order valence-corrected chi connectivity index (χ1v) is 10.0. The summed E-state index contributed by atoms with van der Waals surface area (Å²) in [4.78, 5) is 12.0. The molecular formula is C17H14ClNO5S2. The quantitative estimate of drug-likeness (QED) is 0.638. The Kier molecular flexibility index (Phi) is 5.08. The van der Waals surface area contributed by atoms with Crippen LogP contribution in [0.15, 0.2) is 47.4 Å². The molecule has 0 saturated heterocycles. The maximum Gasteiger partial charge on any atom is 0.349 e. The van der Waals surface area contributed by atoms with Gasteiger partial charge in [-0.05, 0) is 24.3 Å². The highest BCUT2D eigenvalue weighted by Gasteiger charge is 2.29. The molecule has 1 heterocycles. The summed E-state index contributed by atoms with van der Waals surface area (Å²) < 4.78 is 38.9. The van der Waals surface area contributed by atoms with Crippen LogP contribution >= 0.6 is 22.9 Å². The maximum atomic E-state index is 13.0.